The van der Waals surface area contributed by atoms with Crippen molar-refractivity contribution in [3.8, 4) is 0 Å². The van der Waals surface area contributed by atoms with Gasteiger partial charge in [-0.15, -0.1) is 12.4 Å². The Bertz CT molecular complexity index is 344. The molecule has 2 nitrogen and oxygen atoms in total. The molecule has 1 aliphatic carbocycles. The molecule has 0 aromatic carbocycles. The van der Waals surface area contributed by atoms with Gasteiger partial charge in [0.15, 0.2) is 0 Å². The lowest BCUT2D eigenvalue weighted by molar-refractivity contribution is 0.279. The second-order valence-electron chi connectivity index (χ2n) is 4.70. The van der Waals surface area contributed by atoms with E-state index in [-0.39, 0.29) is 12.4 Å². The maximum atomic E-state index is 6.03. The molecule has 2 rings (SSSR count). The number of nitrogens with one attached hydrogen (secondary N) is 1. The molecule has 1 fully saturated rings. The first-order chi connectivity index (χ1) is 7.77. The van der Waals surface area contributed by atoms with Crippen molar-refractivity contribution in [1.82, 2.24) is 10.3 Å². The van der Waals surface area contributed by atoms with Crippen LogP contribution in [0.25, 0.3) is 0 Å². The molecule has 1 aromatic heterocycles. The average molecular weight is 275 g/mol. The number of pyridine rings is 1. The van der Waals surface area contributed by atoms with Crippen molar-refractivity contribution in [1.29, 1.82) is 0 Å². The molecule has 0 bridgehead atoms. The van der Waals surface area contributed by atoms with Crippen LogP contribution in [-0.4, -0.2) is 11.0 Å². The summed E-state index contributed by atoms with van der Waals surface area (Å²) in [6.07, 6.45) is 7.10. The van der Waals surface area contributed by atoms with E-state index in [0.29, 0.717) is 11.2 Å². The first kappa shape index (κ1) is 14.7. The van der Waals surface area contributed by atoms with Crippen molar-refractivity contribution in [2.45, 2.75) is 45.2 Å². The van der Waals surface area contributed by atoms with Crippen LogP contribution in [-0.2, 0) is 6.54 Å². The number of aromatic nitrogens is 1. The van der Waals surface area contributed by atoms with E-state index in [0.717, 1.165) is 18.0 Å². The fourth-order valence-corrected chi connectivity index (χ4v) is 2.60. The molecule has 1 heterocycles. The van der Waals surface area contributed by atoms with E-state index in [1.54, 1.807) is 6.20 Å². The molecule has 17 heavy (non-hydrogen) atoms. The van der Waals surface area contributed by atoms with Crippen molar-refractivity contribution in [2.24, 2.45) is 5.92 Å². The van der Waals surface area contributed by atoms with Crippen LogP contribution in [0.1, 0.15) is 38.2 Å². The predicted octanol–water partition coefficient (Wildman–Crippen LogP) is 3.83. The van der Waals surface area contributed by atoms with E-state index in [1.807, 2.05) is 12.1 Å². The molecule has 1 saturated carbocycles. The van der Waals surface area contributed by atoms with E-state index < -0.39 is 0 Å². The largest absolute Gasteiger partial charge is 0.310 e. The quantitative estimate of drug-likeness (QED) is 0.848. The van der Waals surface area contributed by atoms with Gasteiger partial charge in [-0.05, 0) is 24.8 Å². The number of halogens is 2. The predicted molar refractivity (Wildman–Crippen MR) is 74.8 cm³/mol. The average Bonchev–Trinajstić information content (AvgIpc) is 2.30. The lowest BCUT2D eigenvalue weighted by Crippen LogP contribution is -2.36. The van der Waals surface area contributed by atoms with Gasteiger partial charge in [-0.1, -0.05) is 37.4 Å². The normalized spacial score (nSPS) is 24.1. The maximum absolute atomic E-state index is 6.03. The van der Waals surface area contributed by atoms with E-state index >= 15 is 0 Å². The Morgan fingerprint density at radius 2 is 2.18 bits per heavy atom. The summed E-state index contributed by atoms with van der Waals surface area (Å²) in [7, 11) is 0. The second kappa shape index (κ2) is 7.20. The molecule has 1 N–H and O–H groups in total. The lowest BCUT2D eigenvalue weighted by Gasteiger charge is -2.29. The Balaban J connectivity index is 0.00000144. The molecule has 2 unspecified atom stereocenters. The van der Waals surface area contributed by atoms with Gasteiger partial charge in [0.2, 0.25) is 0 Å². The molecular formula is C13H20Cl2N2. The van der Waals surface area contributed by atoms with Gasteiger partial charge in [0, 0.05) is 24.3 Å². The number of hydrogen-bond donors (Lipinski definition) is 1. The van der Waals surface area contributed by atoms with Gasteiger partial charge in [-0.3, -0.25) is 0 Å². The summed E-state index contributed by atoms with van der Waals surface area (Å²) in [5, 5.41) is 4.23. The zero-order chi connectivity index (χ0) is 11.4. The van der Waals surface area contributed by atoms with Gasteiger partial charge in [0.25, 0.3) is 0 Å². The summed E-state index contributed by atoms with van der Waals surface area (Å²) >= 11 is 6.03. The number of rotatable bonds is 3. The van der Waals surface area contributed by atoms with Crippen LogP contribution in [0.15, 0.2) is 18.3 Å². The first-order valence-corrected chi connectivity index (χ1v) is 6.48. The summed E-state index contributed by atoms with van der Waals surface area (Å²) in [5.74, 6) is 0.782. The van der Waals surface area contributed by atoms with Gasteiger partial charge in [0.1, 0.15) is 5.15 Å². The molecule has 96 valence electrons. The highest BCUT2D eigenvalue weighted by molar-refractivity contribution is 6.30. The highest BCUT2D eigenvalue weighted by Crippen LogP contribution is 2.24. The van der Waals surface area contributed by atoms with Gasteiger partial charge in [-0.2, -0.15) is 0 Å². The highest BCUT2D eigenvalue weighted by atomic mass is 35.5. The van der Waals surface area contributed by atoms with Crippen molar-refractivity contribution >= 4 is 24.0 Å². The van der Waals surface area contributed by atoms with Crippen molar-refractivity contribution in [3.05, 3.63) is 29.0 Å². The zero-order valence-electron chi connectivity index (χ0n) is 10.2. The third-order valence-electron chi connectivity index (χ3n) is 3.50. The van der Waals surface area contributed by atoms with E-state index in [1.165, 1.54) is 25.7 Å². The molecule has 0 saturated heterocycles. The molecule has 2 atom stereocenters. The summed E-state index contributed by atoms with van der Waals surface area (Å²) in [6, 6.07) is 4.62. The monoisotopic (exact) mass is 274 g/mol. The van der Waals surface area contributed by atoms with Crippen LogP contribution in [0, 0.1) is 5.92 Å². The van der Waals surface area contributed by atoms with Gasteiger partial charge < -0.3 is 5.32 Å². The fourth-order valence-electron chi connectivity index (χ4n) is 2.41. The van der Waals surface area contributed by atoms with E-state index in [4.69, 9.17) is 11.6 Å². The molecule has 0 aliphatic heterocycles. The molecule has 0 amide bonds. The summed E-state index contributed by atoms with van der Waals surface area (Å²) in [5.41, 5.74) is 1.10. The van der Waals surface area contributed by atoms with Gasteiger partial charge in [0.05, 0.1) is 0 Å². The summed E-state index contributed by atoms with van der Waals surface area (Å²) in [6.45, 7) is 3.17. The van der Waals surface area contributed by atoms with Crippen LogP contribution in [0.5, 0.6) is 0 Å². The topological polar surface area (TPSA) is 24.9 Å². The van der Waals surface area contributed by atoms with E-state index in [9.17, 15) is 0 Å². The van der Waals surface area contributed by atoms with Crippen LogP contribution >= 0.6 is 24.0 Å². The Morgan fingerprint density at radius 3 is 2.88 bits per heavy atom. The maximum Gasteiger partial charge on any atom is 0.133 e. The Labute approximate surface area is 115 Å². The number of hydrogen-bond acceptors (Lipinski definition) is 2. The third-order valence-corrected chi connectivity index (χ3v) is 3.84. The fraction of sp³-hybridized carbons (Fsp3) is 0.615. The van der Waals surface area contributed by atoms with E-state index in [2.05, 4.69) is 17.2 Å². The van der Waals surface area contributed by atoms with Crippen LogP contribution in [0.3, 0.4) is 0 Å². The van der Waals surface area contributed by atoms with Crippen LogP contribution in [0.4, 0.5) is 0 Å². The molecule has 0 radical (unpaired) electrons. The van der Waals surface area contributed by atoms with Crippen LogP contribution < -0.4 is 5.32 Å². The smallest absolute Gasteiger partial charge is 0.133 e. The third kappa shape index (κ3) is 4.13. The van der Waals surface area contributed by atoms with Gasteiger partial charge in [-0.25, -0.2) is 4.98 Å². The lowest BCUT2D eigenvalue weighted by atomic mass is 9.86. The molecule has 1 aliphatic rings. The minimum Gasteiger partial charge on any atom is -0.310 e. The zero-order valence-corrected chi connectivity index (χ0v) is 11.7. The van der Waals surface area contributed by atoms with Gasteiger partial charge >= 0.3 is 0 Å². The second-order valence-corrected chi connectivity index (χ2v) is 5.06. The van der Waals surface area contributed by atoms with Crippen molar-refractivity contribution in [2.75, 3.05) is 0 Å². The summed E-state index contributed by atoms with van der Waals surface area (Å²) in [4.78, 5) is 4.09. The van der Waals surface area contributed by atoms with Crippen molar-refractivity contribution in [3.63, 3.8) is 0 Å². The molecule has 4 heteroatoms. The molecule has 0 spiro atoms. The Hall–Kier alpha value is -0.310. The Kier molecular flexibility index (Phi) is 6.24. The SMILES string of the molecule is CC1CCCCC1NCc1cccnc1Cl.Cl. The highest BCUT2D eigenvalue weighted by Gasteiger charge is 2.20. The Morgan fingerprint density at radius 1 is 1.41 bits per heavy atom. The minimum absolute atomic E-state index is 0. The summed E-state index contributed by atoms with van der Waals surface area (Å²) < 4.78 is 0. The standard InChI is InChI=1S/C13H19ClN2.ClH/c1-10-5-2-3-7-12(10)16-9-11-6-4-8-15-13(11)14;/h4,6,8,10,12,16H,2-3,5,7,9H2,1H3;1H. The molecule has 1 aromatic rings. The minimum atomic E-state index is 0. The molecular weight excluding hydrogens is 255 g/mol. The van der Waals surface area contributed by atoms with Crippen LogP contribution in [0.2, 0.25) is 5.15 Å². The number of nitrogens with zero attached hydrogens (tertiary/aromatic N) is 1. The van der Waals surface area contributed by atoms with Crippen molar-refractivity contribution < 1.29 is 0 Å². The first-order valence-electron chi connectivity index (χ1n) is 6.10.